The van der Waals surface area contributed by atoms with Gasteiger partial charge in [0.15, 0.2) is 0 Å². The van der Waals surface area contributed by atoms with Gasteiger partial charge in [0, 0.05) is 52.0 Å². The Morgan fingerprint density at radius 3 is 2.52 bits per heavy atom. The van der Waals surface area contributed by atoms with Crippen LogP contribution in [0, 0.1) is 0 Å². The molecule has 3 aromatic heterocycles. The van der Waals surface area contributed by atoms with Crippen molar-refractivity contribution in [2.45, 2.75) is 6.61 Å². The molecule has 0 spiro atoms. The lowest BCUT2D eigenvalue weighted by Crippen LogP contribution is -2.20. The summed E-state index contributed by atoms with van der Waals surface area (Å²) in [6.45, 7) is -0.0830. The predicted octanol–water partition coefficient (Wildman–Crippen LogP) is 5.62. The lowest BCUT2D eigenvalue weighted by molar-refractivity contribution is 0.278. The van der Waals surface area contributed by atoms with Crippen molar-refractivity contribution in [2.75, 3.05) is 0 Å². The third-order valence-corrected chi connectivity index (χ3v) is 7.02. The van der Waals surface area contributed by atoms with E-state index in [0.29, 0.717) is 26.9 Å². The molecule has 0 atom stereocenters. The van der Waals surface area contributed by atoms with Gasteiger partial charge in [-0.25, -0.2) is 4.98 Å². The quantitative estimate of drug-likeness (QED) is 0.372. The molecule has 0 amide bonds. The monoisotopic (exact) mass is 469 g/mol. The number of nitrogens with zero attached hydrogens (tertiary/aromatic N) is 3. The third kappa shape index (κ3) is 3.18. The van der Waals surface area contributed by atoms with E-state index in [4.69, 9.17) is 23.2 Å². The maximum atomic E-state index is 13.2. The normalized spacial score (nSPS) is 11.6. The largest absolute Gasteiger partial charge is 0.390 e. The molecule has 0 aliphatic heterocycles. The minimum absolute atomic E-state index is 0.0830. The molecule has 0 saturated heterocycles. The van der Waals surface area contributed by atoms with Gasteiger partial charge in [0.05, 0.1) is 22.8 Å². The zero-order valence-corrected chi connectivity index (χ0v) is 19.0. The zero-order chi connectivity index (χ0) is 21.9. The predicted molar refractivity (Wildman–Crippen MR) is 128 cm³/mol. The third-order valence-electron chi connectivity index (χ3n) is 5.53. The molecule has 5 aromatic rings. The van der Waals surface area contributed by atoms with Crippen LogP contribution >= 0.6 is 34.5 Å². The van der Waals surface area contributed by atoms with Gasteiger partial charge in [0.2, 0.25) is 0 Å². The number of rotatable bonds is 3. The van der Waals surface area contributed by atoms with Crippen LogP contribution in [0.5, 0.6) is 0 Å². The van der Waals surface area contributed by atoms with Crippen molar-refractivity contribution < 1.29 is 5.11 Å². The molecule has 0 radical (unpaired) electrons. The Morgan fingerprint density at radius 2 is 1.81 bits per heavy atom. The van der Waals surface area contributed by atoms with E-state index in [9.17, 15) is 9.90 Å². The second-order valence-electron chi connectivity index (χ2n) is 7.38. The minimum atomic E-state index is -0.129. The van der Waals surface area contributed by atoms with Gasteiger partial charge in [0.1, 0.15) is 10.7 Å². The average Bonchev–Trinajstić information content (AvgIpc) is 3.34. The van der Waals surface area contributed by atoms with Gasteiger partial charge in [-0.2, -0.15) is 0 Å². The number of fused-ring (bicyclic) bond motifs is 3. The molecule has 0 bridgehead atoms. The highest BCUT2D eigenvalue weighted by atomic mass is 35.5. The van der Waals surface area contributed by atoms with Gasteiger partial charge in [-0.1, -0.05) is 29.3 Å². The molecule has 0 aliphatic carbocycles. The summed E-state index contributed by atoms with van der Waals surface area (Å²) in [5, 5.41) is 14.9. The molecular formula is C23H17Cl2N3O2S. The first kappa shape index (κ1) is 20.3. The van der Waals surface area contributed by atoms with E-state index in [1.807, 2.05) is 35.2 Å². The highest BCUT2D eigenvalue weighted by molar-refractivity contribution is 7.13. The van der Waals surface area contributed by atoms with Crippen molar-refractivity contribution in [3.8, 4) is 21.7 Å². The Labute approximate surface area is 191 Å². The maximum absolute atomic E-state index is 13.2. The molecule has 8 heteroatoms. The summed E-state index contributed by atoms with van der Waals surface area (Å²) in [4.78, 5) is 17.7. The Balaban J connectivity index is 1.82. The van der Waals surface area contributed by atoms with Crippen LogP contribution in [0.4, 0.5) is 0 Å². The van der Waals surface area contributed by atoms with Crippen molar-refractivity contribution in [1.29, 1.82) is 0 Å². The van der Waals surface area contributed by atoms with Crippen LogP contribution in [0.2, 0.25) is 10.0 Å². The first-order valence-electron chi connectivity index (χ1n) is 9.52. The first-order chi connectivity index (χ1) is 14.9. The standard InChI is InChI=1S/C23H17Cl2N3O2S/c1-27-20-6-3-12(21-26-14(10-29)11-31-21)7-16(20)17-9-18(23(30)28(2)22(17)27)15-5-4-13(24)8-19(15)25/h3-9,11,29H,10H2,1-2H3. The Kier molecular flexibility index (Phi) is 4.90. The van der Waals surface area contributed by atoms with E-state index >= 15 is 0 Å². The van der Waals surface area contributed by atoms with Crippen molar-refractivity contribution in [3.05, 3.63) is 73.9 Å². The number of aliphatic hydroxyl groups excluding tert-OH is 1. The molecule has 3 heterocycles. The van der Waals surface area contributed by atoms with E-state index < -0.39 is 0 Å². The van der Waals surface area contributed by atoms with E-state index in [2.05, 4.69) is 11.1 Å². The number of aromatic nitrogens is 3. The maximum Gasteiger partial charge on any atom is 0.259 e. The summed E-state index contributed by atoms with van der Waals surface area (Å²) in [6.07, 6.45) is 0. The summed E-state index contributed by atoms with van der Waals surface area (Å²) < 4.78 is 3.67. The molecule has 1 N–H and O–H groups in total. The molecule has 2 aromatic carbocycles. The highest BCUT2D eigenvalue weighted by Gasteiger charge is 2.18. The molecule has 0 aliphatic rings. The van der Waals surface area contributed by atoms with Crippen LogP contribution < -0.4 is 5.56 Å². The Morgan fingerprint density at radius 1 is 1.00 bits per heavy atom. The van der Waals surface area contributed by atoms with Crippen molar-refractivity contribution in [2.24, 2.45) is 14.1 Å². The first-order valence-corrected chi connectivity index (χ1v) is 11.2. The fourth-order valence-electron chi connectivity index (χ4n) is 4.04. The molecular weight excluding hydrogens is 453 g/mol. The Bertz CT molecular complexity index is 1550. The van der Waals surface area contributed by atoms with Gasteiger partial charge < -0.3 is 9.67 Å². The smallest absolute Gasteiger partial charge is 0.259 e. The van der Waals surface area contributed by atoms with Gasteiger partial charge in [-0.05, 0) is 36.4 Å². The number of benzene rings is 2. The van der Waals surface area contributed by atoms with Crippen LogP contribution in [0.1, 0.15) is 5.69 Å². The van der Waals surface area contributed by atoms with Crippen LogP contribution in [-0.4, -0.2) is 19.2 Å². The van der Waals surface area contributed by atoms with Crippen LogP contribution in [0.25, 0.3) is 43.6 Å². The number of pyridine rings is 1. The van der Waals surface area contributed by atoms with Gasteiger partial charge in [0.25, 0.3) is 5.56 Å². The Hall–Kier alpha value is -2.64. The van der Waals surface area contributed by atoms with Crippen LogP contribution in [0.15, 0.2) is 52.6 Å². The number of halogens is 2. The molecule has 0 unspecified atom stereocenters. The minimum Gasteiger partial charge on any atom is -0.390 e. The fourth-order valence-corrected chi connectivity index (χ4v) is 5.35. The van der Waals surface area contributed by atoms with Gasteiger partial charge in [-0.15, -0.1) is 11.3 Å². The fraction of sp³-hybridized carbons (Fsp3) is 0.130. The highest BCUT2D eigenvalue weighted by Crippen LogP contribution is 2.35. The molecule has 31 heavy (non-hydrogen) atoms. The van der Waals surface area contributed by atoms with Crippen LogP contribution in [-0.2, 0) is 20.7 Å². The lowest BCUT2D eigenvalue weighted by atomic mass is 10.0. The number of hydrogen-bond donors (Lipinski definition) is 1. The van der Waals surface area contributed by atoms with Crippen molar-refractivity contribution in [1.82, 2.24) is 14.1 Å². The van der Waals surface area contributed by atoms with E-state index in [-0.39, 0.29) is 12.2 Å². The molecule has 5 nitrogen and oxygen atoms in total. The molecule has 0 fully saturated rings. The summed E-state index contributed by atoms with van der Waals surface area (Å²) in [7, 11) is 3.72. The topological polar surface area (TPSA) is 60.1 Å². The summed E-state index contributed by atoms with van der Waals surface area (Å²) >= 11 is 14.0. The molecule has 0 saturated carbocycles. The molecule has 156 valence electrons. The van der Waals surface area contributed by atoms with Crippen molar-refractivity contribution >= 4 is 56.5 Å². The van der Waals surface area contributed by atoms with E-state index in [1.165, 1.54) is 11.3 Å². The number of aryl methyl sites for hydroxylation is 2. The number of aliphatic hydroxyl groups is 1. The second-order valence-corrected chi connectivity index (χ2v) is 9.08. The lowest BCUT2D eigenvalue weighted by Gasteiger charge is -2.09. The SMILES string of the molecule is Cn1c(=O)c(-c2ccc(Cl)cc2Cl)cc2c3cc(-c4nc(CO)cs4)ccc3n(C)c21. The zero-order valence-electron chi connectivity index (χ0n) is 16.7. The van der Waals surface area contributed by atoms with E-state index in [0.717, 1.165) is 32.5 Å². The van der Waals surface area contributed by atoms with Crippen LogP contribution in [0.3, 0.4) is 0 Å². The van der Waals surface area contributed by atoms with E-state index in [1.54, 1.807) is 29.8 Å². The average molecular weight is 470 g/mol. The van der Waals surface area contributed by atoms with Gasteiger partial charge >= 0.3 is 0 Å². The summed E-state index contributed by atoms with van der Waals surface area (Å²) in [5.74, 6) is 0. The second kappa shape index (κ2) is 7.50. The molecule has 5 rings (SSSR count). The van der Waals surface area contributed by atoms with Gasteiger partial charge in [-0.3, -0.25) is 9.36 Å². The number of thiazole rings is 1. The summed E-state index contributed by atoms with van der Waals surface area (Å²) in [5.41, 5.74) is 4.48. The number of hydrogen-bond acceptors (Lipinski definition) is 4. The summed E-state index contributed by atoms with van der Waals surface area (Å²) in [6, 6.07) is 13.2. The van der Waals surface area contributed by atoms with Crippen molar-refractivity contribution in [3.63, 3.8) is 0 Å².